The number of carbonyl (C=O) groups excluding carboxylic acids is 1. The topological polar surface area (TPSA) is 29.1 Å². The first-order valence-electron chi connectivity index (χ1n) is 4.47. The molecule has 1 unspecified atom stereocenters. The maximum Gasteiger partial charge on any atom is 0.134 e. The van der Waals surface area contributed by atoms with Crippen LogP contribution in [0, 0.1) is 5.92 Å². The second-order valence-electron chi connectivity index (χ2n) is 4.03. The predicted molar refractivity (Wildman–Crippen MR) is 43.4 cm³/mol. The predicted octanol–water partition coefficient (Wildman–Crippen LogP) is 1.11. The molecule has 0 aromatic rings. The first-order valence-corrected chi connectivity index (χ1v) is 4.47. The molecule has 11 heavy (non-hydrogen) atoms. The van der Waals surface area contributed by atoms with Crippen molar-refractivity contribution in [1.82, 2.24) is 5.32 Å². The summed E-state index contributed by atoms with van der Waals surface area (Å²) in [6.45, 7) is 2.64. The van der Waals surface area contributed by atoms with Crippen molar-refractivity contribution < 1.29 is 4.79 Å². The maximum atomic E-state index is 11.0. The minimum absolute atomic E-state index is 0.315. The quantitative estimate of drug-likeness (QED) is 0.611. The Morgan fingerprint density at radius 3 is 2.55 bits per heavy atom. The lowest BCUT2D eigenvalue weighted by Crippen LogP contribution is -2.45. The van der Waals surface area contributed by atoms with E-state index < -0.39 is 0 Å². The fourth-order valence-corrected chi connectivity index (χ4v) is 2.23. The van der Waals surface area contributed by atoms with Gasteiger partial charge in [-0.05, 0) is 32.6 Å². The van der Waals surface area contributed by atoms with E-state index in [0.29, 0.717) is 17.2 Å². The van der Waals surface area contributed by atoms with Gasteiger partial charge in [-0.3, -0.25) is 4.79 Å². The molecule has 0 aromatic carbocycles. The number of hydrogen-bond donors (Lipinski definition) is 1. The number of ketones is 1. The smallest absolute Gasteiger partial charge is 0.134 e. The highest BCUT2D eigenvalue weighted by atomic mass is 16.1. The van der Waals surface area contributed by atoms with Crippen LogP contribution in [0.5, 0.6) is 0 Å². The molecule has 1 saturated carbocycles. The molecule has 1 atom stereocenters. The van der Waals surface area contributed by atoms with Crippen LogP contribution >= 0.6 is 0 Å². The van der Waals surface area contributed by atoms with E-state index >= 15 is 0 Å². The third-order valence-corrected chi connectivity index (χ3v) is 3.25. The maximum absolute atomic E-state index is 11.0. The van der Waals surface area contributed by atoms with Gasteiger partial charge in [0.05, 0.1) is 0 Å². The van der Waals surface area contributed by atoms with Crippen LogP contribution in [0.2, 0.25) is 0 Å². The van der Waals surface area contributed by atoms with Crippen LogP contribution < -0.4 is 5.32 Å². The van der Waals surface area contributed by atoms with Crippen LogP contribution in [0.15, 0.2) is 0 Å². The van der Waals surface area contributed by atoms with Gasteiger partial charge in [0.15, 0.2) is 0 Å². The molecule has 0 amide bonds. The molecule has 1 aliphatic heterocycles. The number of Topliss-reactive ketones (excluding diaryl/α,β-unsaturated/α-hetero) is 1. The van der Waals surface area contributed by atoms with Crippen molar-refractivity contribution in [3.8, 4) is 0 Å². The molecule has 0 radical (unpaired) electrons. The summed E-state index contributed by atoms with van der Waals surface area (Å²) in [6, 6.07) is 0. The van der Waals surface area contributed by atoms with Gasteiger partial charge in [0.25, 0.3) is 0 Å². The zero-order chi connectivity index (χ0) is 7.90. The molecule has 2 heteroatoms. The lowest BCUT2D eigenvalue weighted by molar-refractivity contribution is -0.120. The number of nitrogens with one attached hydrogen (secondary N) is 1. The minimum atomic E-state index is 0.315. The monoisotopic (exact) mass is 153 g/mol. The first kappa shape index (κ1) is 7.29. The summed E-state index contributed by atoms with van der Waals surface area (Å²) >= 11 is 0. The molecule has 2 rings (SSSR count). The van der Waals surface area contributed by atoms with E-state index in [4.69, 9.17) is 0 Å². The van der Waals surface area contributed by atoms with Gasteiger partial charge >= 0.3 is 0 Å². The third-order valence-electron chi connectivity index (χ3n) is 3.25. The highest BCUT2D eigenvalue weighted by molar-refractivity contribution is 5.79. The molecular weight excluding hydrogens is 138 g/mol. The standard InChI is InChI=1S/C9H15NO/c1-7(11)8-5-9(10-6-8)3-2-4-9/h8,10H,2-6H2,1H3. The van der Waals surface area contributed by atoms with Crippen LogP contribution in [0.25, 0.3) is 0 Å². The Kier molecular flexibility index (Phi) is 1.53. The van der Waals surface area contributed by atoms with E-state index in [1.807, 2.05) is 0 Å². The summed E-state index contributed by atoms with van der Waals surface area (Å²) in [7, 11) is 0. The molecule has 1 spiro atoms. The van der Waals surface area contributed by atoms with Gasteiger partial charge < -0.3 is 5.32 Å². The normalized spacial score (nSPS) is 33.7. The Hall–Kier alpha value is -0.370. The van der Waals surface area contributed by atoms with Crippen molar-refractivity contribution in [2.75, 3.05) is 6.54 Å². The first-order chi connectivity index (χ1) is 5.22. The molecule has 1 saturated heterocycles. The van der Waals surface area contributed by atoms with Crippen molar-refractivity contribution in [3.05, 3.63) is 0 Å². The van der Waals surface area contributed by atoms with Crippen molar-refractivity contribution in [2.24, 2.45) is 5.92 Å². The van der Waals surface area contributed by atoms with E-state index in [2.05, 4.69) is 5.32 Å². The van der Waals surface area contributed by atoms with Crippen molar-refractivity contribution in [3.63, 3.8) is 0 Å². The van der Waals surface area contributed by atoms with Crippen molar-refractivity contribution in [1.29, 1.82) is 0 Å². The molecule has 2 fully saturated rings. The van der Waals surface area contributed by atoms with Gasteiger partial charge in [0.2, 0.25) is 0 Å². The Morgan fingerprint density at radius 2 is 2.27 bits per heavy atom. The third kappa shape index (κ3) is 1.09. The zero-order valence-electron chi connectivity index (χ0n) is 7.02. The van der Waals surface area contributed by atoms with Gasteiger partial charge in [-0.15, -0.1) is 0 Å². The summed E-state index contributed by atoms with van der Waals surface area (Å²) in [6.07, 6.45) is 5.02. The number of carbonyl (C=O) groups is 1. The second kappa shape index (κ2) is 2.31. The lowest BCUT2D eigenvalue weighted by atomic mass is 9.74. The van der Waals surface area contributed by atoms with E-state index in [0.717, 1.165) is 13.0 Å². The van der Waals surface area contributed by atoms with Crippen molar-refractivity contribution >= 4 is 5.78 Å². The number of hydrogen-bond acceptors (Lipinski definition) is 2. The summed E-state index contributed by atoms with van der Waals surface area (Å²) in [5.74, 6) is 0.677. The Labute approximate surface area is 67.4 Å². The molecule has 2 nitrogen and oxygen atoms in total. The molecule has 0 bridgehead atoms. The average Bonchev–Trinajstić information content (AvgIpc) is 2.28. The fraction of sp³-hybridized carbons (Fsp3) is 0.889. The Bertz CT molecular complexity index is 184. The molecular formula is C9H15NO. The summed E-state index contributed by atoms with van der Waals surface area (Å²) in [5, 5.41) is 3.48. The highest BCUT2D eigenvalue weighted by Gasteiger charge is 2.44. The summed E-state index contributed by atoms with van der Waals surface area (Å²) < 4.78 is 0. The van der Waals surface area contributed by atoms with Crippen LogP contribution in [-0.2, 0) is 4.79 Å². The SMILES string of the molecule is CC(=O)C1CNC2(CCC2)C1. The minimum Gasteiger partial charge on any atom is -0.310 e. The van der Waals surface area contributed by atoms with Crippen LogP contribution in [0.3, 0.4) is 0 Å². The largest absolute Gasteiger partial charge is 0.310 e. The van der Waals surface area contributed by atoms with Crippen LogP contribution in [-0.4, -0.2) is 17.9 Å². The Balaban J connectivity index is 1.98. The van der Waals surface area contributed by atoms with Gasteiger partial charge in [-0.2, -0.15) is 0 Å². The van der Waals surface area contributed by atoms with Crippen LogP contribution in [0.4, 0.5) is 0 Å². The van der Waals surface area contributed by atoms with Crippen LogP contribution in [0.1, 0.15) is 32.6 Å². The Morgan fingerprint density at radius 1 is 1.55 bits per heavy atom. The zero-order valence-corrected chi connectivity index (χ0v) is 7.02. The molecule has 1 heterocycles. The molecule has 0 aromatic heterocycles. The summed E-state index contributed by atoms with van der Waals surface area (Å²) in [5.41, 5.74) is 0.399. The highest BCUT2D eigenvalue weighted by Crippen LogP contribution is 2.40. The molecule has 1 N–H and O–H groups in total. The van der Waals surface area contributed by atoms with E-state index in [-0.39, 0.29) is 0 Å². The molecule has 2 aliphatic rings. The molecule has 62 valence electrons. The van der Waals surface area contributed by atoms with Gasteiger partial charge in [-0.25, -0.2) is 0 Å². The fourth-order valence-electron chi connectivity index (χ4n) is 2.23. The van der Waals surface area contributed by atoms with Gasteiger partial charge in [0, 0.05) is 18.0 Å². The number of rotatable bonds is 1. The van der Waals surface area contributed by atoms with Crippen molar-refractivity contribution in [2.45, 2.75) is 38.1 Å². The summed E-state index contributed by atoms with van der Waals surface area (Å²) in [4.78, 5) is 11.0. The van der Waals surface area contributed by atoms with E-state index in [1.165, 1.54) is 19.3 Å². The van der Waals surface area contributed by atoms with Gasteiger partial charge in [-0.1, -0.05) is 0 Å². The van der Waals surface area contributed by atoms with Gasteiger partial charge in [0.1, 0.15) is 5.78 Å². The van der Waals surface area contributed by atoms with E-state index in [9.17, 15) is 4.79 Å². The molecule has 1 aliphatic carbocycles. The lowest BCUT2D eigenvalue weighted by Gasteiger charge is -2.38. The van der Waals surface area contributed by atoms with E-state index in [1.54, 1.807) is 6.92 Å². The second-order valence-corrected chi connectivity index (χ2v) is 4.03. The average molecular weight is 153 g/mol.